The van der Waals surface area contributed by atoms with E-state index in [-0.39, 0.29) is 0 Å². The fourth-order valence-corrected chi connectivity index (χ4v) is 2.88. The maximum absolute atomic E-state index is 12.0. The highest BCUT2D eigenvalue weighted by atomic mass is 32.2. The van der Waals surface area contributed by atoms with Crippen LogP contribution in [0.1, 0.15) is 0 Å². The van der Waals surface area contributed by atoms with E-state index in [0.29, 0.717) is 5.75 Å². The van der Waals surface area contributed by atoms with Gasteiger partial charge in [-0.1, -0.05) is 18.2 Å². The summed E-state index contributed by atoms with van der Waals surface area (Å²) in [6.45, 7) is 3.62. The summed E-state index contributed by atoms with van der Waals surface area (Å²) in [4.78, 5) is 12.6. The molecule has 1 atom stereocenters. The van der Waals surface area contributed by atoms with Gasteiger partial charge in [0.05, 0.1) is 28.0 Å². The molecule has 20 heavy (non-hydrogen) atoms. The van der Waals surface area contributed by atoms with Crippen molar-refractivity contribution in [2.24, 2.45) is 0 Å². The van der Waals surface area contributed by atoms with Crippen molar-refractivity contribution in [3.63, 3.8) is 0 Å². The number of fused-ring (bicyclic) bond motifs is 1. The minimum atomic E-state index is -1.06. The minimum absolute atomic E-state index is 0.452. The Morgan fingerprint density at radius 3 is 3.05 bits per heavy atom. The van der Waals surface area contributed by atoms with E-state index in [2.05, 4.69) is 21.5 Å². The molecular formula is C15H13N3OS. The molecule has 1 N–H and O–H groups in total. The molecule has 3 aromatic rings. The average molecular weight is 283 g/mol. The van der Waals surface area contributed by atoms with Gasteiger partial charge in [0.1, 0.15) is 5.82 Å². The molecule has 0 spiro atoms. The standard InChI is InChI=1S/C15H13N3OS/c1-2-8-20(19)12-5-3-4-11(9-12)15-17-13-6-7-16-10-14(13)18-15/h2-7,9-10H,1,8H2,(H,17,18). The molecular weight excluding hydrogens is 270 g/mol. The molecule has 0 saturated carbocycles. The highest BCUT2D eigenvalue weighted by Crippen LogP contribution is 2.22. The second-order valence-electron chi connectivity index (χ2n) is 4.31. The number of aromatic amines is 1. The van der Waals surface area contributed by atoms with Gasteiger partial charge in [-0.05, 0) is 18.2 Å². The zero-order valence-electron chi connectivity index (χ0n) is 10.7. The maximum atomic E-state index is 12.0. The lowest BCUT2D eigenvalue weighted by Gasteiger charge is -2.02. The van der Waals surface area contributed by atoms with E-state index >= 15 is 0 Å². The molecule has 5 heteroatoms. The highest BCUT2D eigenvalue weighted by molar-refractivity contribution is 7.85. The van der Waals surface area contributed by atoms with E-state index in [0.717, 1.165) is 27.3 Å². The first kappa shape index (κ1) is 12.7. The SMILES string of the molecule is C=CCS(=O)c1cccc(-c2nc3ccncc3[nH]2)c1. The smallest absolute Gasteiger partial charge is 0.138 e. The monoisotopic (exact) mass is 283 g/mol. The van der Waals surface area contributed by atoms with Gasteiger partial charge in [-0.3, -0.25) is 9.19 Å². The number of H-pyrrole nitrogens is 1. The third kappa shape index (κ3) is 2.40. The van der Waals surface area contributed by atoms with Crippen LogP contribution >= 0.6 is 0 Å². The van der Waals surface area contributed by atoms with Crippen LogP contribution in [0.2, 0.25) is 0 Å². The van der Waals surface area contributed by atoms with Crippen molar-refractivity contribution >= 4 is 21.8 Å². The molecule has 0 bridgehead atoms. The van der Waals surface area contributed by atoms with Crippen molar-refractivity contribution in [1.29, 1.82) is 0 Å². The van der Waals surface area contributed by atoms with Gasteiger partial charge >= 0.3 is 0 Å². The summed E-state index contributed by atoms with van der Waals surface area (Å²) in [5.74, 6) is 1.21. The van der Waals surface area contributed by atoms with E-state index < -0.39 is 10.8 Å². The van der Waals surface area contributed by atoms with Crippen molar-refractivity contribution in [2.75, 3.05) is 5.75 Å². The molecule has 1 aromatic carbocycles. The van der Waals surface area contributed by atoms with Crippen molar-refractivity contribution < 1.29 is 4.21 Å². The lowest BCUT2D eigenvalue weighted by molar-refractivity contribution is 0.685. The normalized spacial score (nSPS) is 12.4. The molecule has 2 aromatic heterocycles. The van der Waals surface area contributed by atoms with E-state index in [9.17, 15) is 4.21 Å². The quantitative estimate of drug-likeness (QED) is 0.749. The van der Waals surface area contributed by atoms with Gasteiger partial charge in [0, 0.05) is 22.4 Å². The molecule has 0 saturated heterocycles. The summed E-state index contributed by atoms with van der Waals surface area (Å²) < 4.78 is 12.0. The Kier molecular flexibility index (Phi) is 3.43. The predicted molar refractivity (Wildman–Crippen MR) is 80.8 cm³/mol. The molecule has 1 unspecified atom stereocenters. The van der Waals surface area contributed by atoms with Gasteiger partial charge in [0.25, 0.3) is 0 Å². The number of nitrogens with one attached hydrogen (secondary N) is 1. The lowest BCUT2D eigenvalue weighted by Crippen LogP contribution is -1.95. The third-order valence-corrected chi connectivity index (χ3v) is 4.24. The Labute approximate surface area is 119 Å². The Morgan fingerprint density at radius 1 is 1.35 bits per heavy atom. The summed E-state index contributed by atoms with van der Waals surface area (Å²) in [7, 11) is -1.06. The minimum Gasteiger partial charge on any atom is -0.337 e. The van der Waals surface area contributed by atoms with Crippen molar-refractivity contribution in [3.05, 3.63) is 55.4 Å². The Morgan fingerprint density at radius 2 is 2.25 bits per heavy atom. The first-order chi connectivity index (χ1) is 9.78. The van der Waals surface area contributed by atoms with Gasteiger partial charge in [-0.2, -0.15) is 0 Å². The number of rotatable bonds is 4. The Balaban J connectivity index is 2.03. The van der Waals surface area contributed by atoms with Crippen molar-refractivity contribution in [2.45, 2.75) is 4.90 Å². The second-order valence-corrected chi connectivity index (χ2v) is 5.80. The van der Waals surface area contributed by atoms with Crippen LogP contribution in [0.25, 0.3) is 22.4 Å². The molecule has 0 aliphatic carbocycles. The second kappa shape index (κ2) is 5.38. The fraction of sp³-hybridized carbons (Fsp3) is 0.0667. The highest BCUT2D eigenvalue weighted by Gasteiger charge is 2.08. The molecule has 4 nitrogen and oxygen atoms in total. The van der Waals surface area contributed by atoms with Crippen LogP contribution in [-0.2, 0) is 10.8 Å². The van der Waals surface area contributed by atoms with Gasteiger partial charge in [-0.25, -0.2) is 4.98 Å². The number of hydrogen-bond donors (Lipinski definition) is 1. The van der Waals surface area contributed by atoms with Crippen LogP contribution in [0.15, 0.2) is 60.3 Å². The predicted octanol–water partition coefficient (Wildman–Crippen LogP) is 2.92. The summed E-state index contributed by atoms with van der Waals surface area (Å²) >= 11 is 0. The van der Waals surface area contributed by atoms with Crippen LogP contribution in [0, 0.1) is 0 Å². The Hall–Kier alpha value is -2.27. The third-order valence-electron chi connectivity index (χ3n) is 2.92. The zero-order chi connectivity index (χ0) is 13.9. The average Bonchev–Trinajstić information content (AvgIpc) is 2.91. The molecule has 0 fully saturated rings. The first-order valence-electron chi connectivity index (χ1n) is 6.17. The van der Waals surface area contributed by atoms with Crippen molar-refractivity contribution in [3.8, 4) is 11.4 Å². The van der Waals surface area contributed by atoms with Gasteiger partial charge in [0.15, 0.2) is 0 Å². The molecule has 2 heterocycles. The fourth-order valence-electron chi connectivity index (χ4n) is 1.98. The van der Waals surface area contributed by atoms with E-state index in [1.54, 1.807) is 18.5 Å². The number of imidazole rings is 1. The van der Waals surface area contributed by atoms with E-state index in [4.69, 9.17) is 0 Å². The summed E-state index contributed by atoms with van der Waals surface area (Å²) in [6, 6.07) is 9.43. The first-order valence-corrected chi connectivity index (χ1v) is 7.49. The lowest BCUT2D eigenvalue weighted by atomic mass is 10.2. The molecule has 0 amide bonds. The van der Waals surface area contributed by atoms with Crippen LogP contribution in [0.4, 0.5) is 0 Å². The van der Waals surface area contributed by atoms with Crippen LogP contribution in [0.5, 0.6) is 0 Å². The number of pyridine rings is 1. The van der Waals surface area contributed by atoms with Gasteiger partial charge < -0.3 is 4.98 Å². The molecule has 3 rings (SSSR count). The van der Waals surface area contributed by atoms with Crippen LogP contribution in [-0.4, -0.2) is 24.9 Å². The summed E-state index contributed by atoms with van der Waals surface area (Å²) in [5.41, 5.74) is 2.67. The zero-order valence-corrected chi connectivity index (χ0v) is 11.6. The number of nitrogens with zero attached hydrogens (tertiary/aromatic N) is 2. The number of aromatic nitrogens is 3. The largest absolute Gasteiger partial charge is 0.337 e. The van der Waals surface area contributed by atoms with Gasteiger partial charge in [0.2, 0.25) is 0 Å². The Bertz CT molecular complexity index is 761. The van der Waals surface area contributed by atoms with Crippen molar-refractivity contribution in [1.82, 2.24) is 15.0 Å². The van der Waals surface area contributed by atoms with Gasteiger partial charge in [-0.15, -0.1) is 6.58 Å². The molecule has 100 valence electrons. The topological polar surface area (TPSA) is 58.6 Å². The number of benzene rings is 1. The molecule has 0 radical (unpaired) electrons. The maximum Gasteiger partial charge on any atom is 0.138 e. The van der Waals surface area contributed by atoms with E-state index in [1.165, 1.54) is 0 Å². The summed E-state index contributed by atoms with van der Waals surface area (Å²) in [6.07, 6.45) is 5.11. The van der Waals surface area contributed by atoms with Crippen LogP contribution < -0.4 is 0 Å². The molecule has 0 aliphatic heterocycles. The molecule has 0 aliphatic rings. The van der Waals surface area contributed by atoms with Crippen LogP contribution in [0.3, 0.4) is 0 Å². The number of hydrogen-bond acceptors (Lipinski definition) is 3. The van der Waals surface area contributed by atoms with E-state index in [1.807, 2.05) is 30.3 Å². The summed E-state index contributed by atoms with van der Waals surface area (Å²) in [5, 5.41) is 0.